The molecule has 1 aliphatic heterocycles. The van der Waals surface area contributed by atoms with Crippen LogP contribution < -0.4 is 10.0 Å². The SMILES string of the molecule is CCC(CC)(C(=O)N[C@@H](Cc1ccc(NS(=O)(=O)c2c(C)c(C)c(C)c(C)c2C)cc1)C(=O)O)C(=O)N1CCCC1. The van der Waals surface area contributed by atoms with Crippen LogP contribution in [0.2, 0.25) is 0 Å². The lowest BCUT2D eigenvalue weighted by molar-refractivity contribution is -0.153. The van der Waals surface area contributed by atoms with E-state index in [0.29, 0.717) is 35.5 Å². The average Bonchev–Trinajstić information content (AvgIpc) is 3.47. The first-order chi connectivity index (χ1) is 19.2. The Morgan fingerprint density at radius 2 is 1.37 bits per heavy atom. The zero-order valence-corrected chi connectivity index (χ0v) is 26.0. The fourth-order valence-electron chi connectivity index (χ4n) is 5.71. The molecule has 0 radical (unpaired) electrons. The molecule has 2 amide bonds. The number of benzene rings is 2. The maximum Gasteiger partial charge on any atom is 0.326 e. The zero-order chi connectivity index (χ0) is 30.7. The van der Waals surface area contributed by atoms with Gasteiger partial charge in [0.05, 0.1) is 4.90 Å². The van der Waals surface area contributed by atoms with Gasteiger partial charge in [-0.3, -0.25) is 14.3 Å². The van der Waals surface area contributed by atoms with Gasteiger partial charge in [-0.15, -0.1) is 0 Å². The summed E-state index contributed by atoms with van der Waals surface area (Å²) >= 11 is 0. The largest absolute Gasteiger partial charge is 0.480 e. The van der Waals surface area contributed by atoms with Crippen molar-refractivity contribution in [3.8, 4) is 0 Å². The molecule has 0 unspecified atom stereocenters. The molecule has 0 aliphatic carbocycles. The number of nitrogens with one attached hydrogen (secondary N) is 2. The van der Waals surface area contributed by atoms with Crippen molar-refractivity contribution in [1.29, 1.82) is 0 Å². The number of anilines is 1. The molecule has 0 aromatic heterocycles. The van der Waals surface area contributed by atoms with Crippen molar-refractivity contribution < 1.29 is 27.9 Å². The summed E-state index contributed by atoms with van der Waals surface area (Å²) in [4.78, 5) is 40.8. The quantitative estimate of drug-likeness (QED) is 0.331. The van der Waals surface area contributed by atoms with E-state index in [1.807, 2.05) is 20.8 Å². The summed E-state index contributed by atoms with van der Waals surface area (Å²) in [6.07, 6.45) is 2.30. The van der Waals surface area contributed by atoms with E-state index in [9.17, 15) is 27.9 Å². The van der Waals surface area contributed by atoms with Gasteiger partial charge in [0.25, 0.3) is 10.0 Å². The van der Waals surface area contributed by atoms with Crippen molar-refractivity contribution in [2.24, 2.45) is 5.41 Å². The smallest absolute Gasteiger partial charge is 0.326 e. The highest BCUT2D eigenvalue weighted by Crippen LogP contribution is 2.32. The summed E-state index contributed by atoms with van der Waals surface area (Å²) in [6.45, 7) is 14.2. The number of amides is 2. The predicted molar refractivity (Wildman–Crippen MR) is 159 cm³/mol. The number of carbonyl (C=O) groups is 3. The summed E-state index contributed by atoms with van der Waals surface area (Å²) in [5, 5.41) is 12.5. The van der Waals surface area contributed by atoms with E-state index in [1.165, 1.54) is 0 Å². The fourth-order valence-corrected chi connectivity index (χ4v) is 7.37. The molecule has 1 fully saturated rings. The summed E-state index contributed by atoms with van der Waals surface area (Å²) in [6, 6.07) is 5.16. The van der Waals surface area contributed by atoms with Crippen LogP contribution in [0.3, 0.4) is 0 Å². The van der Waals surface area contributed by atoms with Crippen molar-refractivity contribution in [1.82, 2.24) is 10.2 Å². The van der Waals surface area contributed by atoms with Crippen LogP contribution in [0.25, 0.3) is 0 Å². The predicted octanol–water partition coefficient (Wildman–Crippen LogP) is 4.57. The highest BCUT2D eigenvalue weighted by Gasteiger charge is 2.46. The van der Waals surface area contributed by atoms with Crippen molar-refractivity contribution in [3.63, 3.8) is 0 Å². The molecule has 3 N–H and O–H groups in total. The van der Waals surface area contributed by atoms with Gasteiger partial charge >= 0.3 is 5.97 Å². The third kappa shape index (κ3) is 6.42. The topological polar surface area (TPSA) is 133 Å². The Kier molecular flexibility index (Phi) is 9.89. The molecule has 2 aromatic carbocycles. The van der Waals surface area contributed by atoms with Crippen molar-refractivity contribution in [3.05, 3.63) is 57.6 Å². The second-order valence-corrected chi connectivity index (χ2v) is 12.7. The Bertz CT molecular complexity index is 1390. The summed E-state index contributed by atoms with van der Waals surface area (Å²) in [5.74, 6) is -2.04. The monoisotopic (exact) mass is 585 g/mol. The Balaban J connectivity index is 1.78. The number of hydrogen-bond acceptors (Lipinski definition) is 5. The molecule has 1 aliphatic rings. The van der Waals surface area contributed by atoms with E-state index in [0.717, 1.165) is 29.5 Å². The van der Waals surface area contributed by atoms with E-state index in [1.54, 1.807) is 56.9 Å². The minimum absolute atomic E-state index is 0.0237. The summed E-state index contributed by atoms with van der Waals surface area (Å²) in [5.41, 5.74) is 3.96. The van der Waals surface area contributed by atoms with Crippen LogP contribution in [-0.4, -0.2) is 55.3 Å². The van der Waals surface area contributed by atoms with Gasteiger partial charge in [-0.1, -0.05) is 26.0 Å². The number of likely N-dealkylation sites (tertiary alicyclic amines) is 1. The van der Waals surface area contributed by atoms with Crippen LogP contribution in [0.15, 0.2) is 29.2 Å². The first kappa shape index (κ1) is 32.1. The Morgan fingerprint density at radius 1 is 0.878 bits per heavy atom. The second kappa shape index (κ2) is 12.6. The normalized spacial score (nSPS) is 14.6. The third-order valence-electron chi connectivity index (χ3n) is 8.89. The van der Waals surface area contributed by atoms with Crippen molar-refractivity contribution in [2.75, 3.05) is 17.8 Å². The van der Waals surface area contributed by atoms with Crippen LogP contribution in [0, 0.1) is 40.0 Å². The first-order valence-electron chi connectivity index (χ1n) is 14.2. The maximum absolute atomic E-state index is 13.4. The molecule has 0 bridgehead atoms. The molecular formula is C31H43N3O6S. The number of carboxylic acids is 1. The van der Waals surface area contributed by atoms with Gasteiger partial charge in [0, 0.05) is 25.2 Å². The Morgan fingerprint density at radius 3 is 1.83 bits per heavy atom. The van der Waals surface area contributed by atoms with Crippen LogP contribution >= 0.6 is 0 Å². The highest BCUT2D eigenvalue weighted by atomic mass is 32.2. The minimum Gasteiger partial charge on any atom is -0.480 e. The van der Waals surface area contributed by atoms with Gasteiger partial charge in [-0.25, -0.2) is 13.2 Å². The van der Waals surface area contributed by atoms with Gasteiger partial charge < -0.3 is 15.3 Å². The number of carbonyl (C=O) groups excluding carboxylic acids is 2. The zero-order valence-electron chi connectivity index (χ0n) is 25.2. The number of nitrogens with zero attached hydrogens (tertiary/aromatic N) is 1. The molecule has 0 saturated carbocycles. The van der Waals surface area contributed by atoms with E-state index in [-0.39, 0.29) is 30.1 Å². The van der Waals surface area contributed by atoms with Gasteiger partial charge in [-0.05, 0) is 106 Å². The van der Waals surface area contributed by atoms with Crippen molar-refractivity contribution >= 4 is 33.5 Å². The van der Waals surface area contributed by atoms with Gasteiger partial charge in [0.1, 0.15) is 11.5 Å². The molecule has 9 nitrogen and oxygen atoms in total. The van der Waals surface area contributed by atoms with Gasteiger partial charge in [0.2, 0.25) is 11.8 Å². The molecule has 41 heavy (non-hydrogen) atoms. The van der Waals surface area contributed by atoms with Gasteiger partial charge in [0.15, 0.2) is 0 Å². The molecule has 1 saturated heterocycles. The number of sulfonamides is 1. The van der Waals surface area contributed by atoms with Crippen LogP contribution in [0.1, 0.15) is 72.9 Å². The van der Waals surface area contributed by atoms with Crippen molar-refractivity contribution in [2.45, 2.75) is 91.5 Å². The van der Waals surface area contributed by atoms with Crippen LogP contribution in [-0.2, 0) is 30.8 Å². The first-order valence-corrected chi connectivity index (χ1v) is 15.7. The van der Waals surface area contributed by atoms with E-state index >= 15 is 0 Å². The fraction of sp³-hybridized carbons (Fsp3) is 0.516. The standard InChI is InChI=1S/C31H43N3O6S/c1-8-31(9-2,30(38)34-16-10-11-17-34)29(37)32-26(28(35)36)18-24-12-14-25(15-13-24)33-41(39,40)27-22(6)20(4)19(3)21(5)23(27)7/h12-15,26,33H,8-11,16-18H2,1-7H3,(H,32,37)(H,35,36)/t26-/m0/s1. The second-order valence-electron chi connectivity index (χ2n) is 11.1. The highest BCUT2D eigenvalue weighted by molar-refractivity contribution is 7.92. The van der Waals surface area contributed by atoms with E-state index in [2.05, 4.69) is 10.0 Å². The number of rotatable bonds is 11. The summed E-state index contributed by atoms with van der Waals surface area (Å²) in [7, 11) is -3.88. The van der Waals surface area contributed by atoms with E-state index in [4.69, 9.17) is 0 Å². The molecule has 3 rings (SSSR count). The lowest BCUT2D eigenvalue weighted by Crippen LogP contribution is -2.55. The molecule has 0 spiro atoms. The van der Waals surface area contributed by atoms with E-state index < -0.39 is 33.4 Å². The number of aliphatic carboxylic acids is 1. The number of carboxylic acid groups (broad SMARTS) is 1. The lowest BCUT2D eigenvalue weighted by Gasteiger charge is -2.34. The minimum atomic E-state index is -3.88. The Labute approximate surface area is 243 Å². The lowest BCUT2D eigenvalue weighted by atomic mass is 9.79. The molecular weight excluding hydrogens is 542 g/mol. The maximum atomic E-state index is 13.4. The third-order valence-corrected chi connectivity index (χ3v) is 10.5. The average molecular weight is 586 g/mol. The molecule has 1 heterocycles. The van der Waals surface area contributed by atoms with Crippen LogP contribution in [0.4, 0.5) is 5.69 Å². The Hall–Kier alpha value is -3.40. The number of hydrogen-bond donors (Lipinski definition) is 3. The molecule has 2 aromatic rings. The molecule has 224 valence electrons. The molecule has 1 atom stereocenters. The van der Waals surface area contributed by atoms with Crippen LogP contribution in [0.5, 0.6) is 0 Å². The van der Waals surface area contributed by atoms with Gasteiger partial charge in [-0.2, -0.15) is 0 Å². The summed E-state index contributed by atoms with van der Waals surface area (Å²) < 4.78 is 29.4. The molecule has 10 heteroatoms.